The molecule has 24 heavy (non-hydrogen) atoms. The number of rotatable bonds is 4. The largest absolute Gasteiger partial charge is 0.573 e. The Bertz CT molecular complexity index is 586. The van der Waals surface area contributed by atoms with Crippen molar-refractivity contribution in [3.05, 3.63) is 29.3 Å². The predicted molar refractivity (Wildman–Crippen MR) is 88.2 cm³/mol. The zero-order chi connectivity index (χ0) is 17.5. The molecule has 0 bridgehead atoms. The summed E-state index contributed by atoms with van der Waals surface area (Å²) < 4.78 is 41.8. The Hall–Kier alpha value is -1.23. The maximum Gasteiger partial charge on any atom is 0.573 e. The summed E-state index contributed by atoms with van der Waals surface area (Å²) in [6.45, 7) is 4.20. The van der Waals surface area contributed by atoms with Crippen molar-refractivity contribution in [3.63, 3.8) is 0 Å². The monoisotopic (exact) mass is 341 g/mol. The van der Waals surface area contributed by atoms with E-state index in [-0.39, 0.29) is 5.75 Å². The van der Waals surface area contributed by atoms with Gasteiger partial charge < -0.3 is 4.74 Å². The van der Waals surface area contributed by atoms with Crippen LogP contribution < -0.4 is 4.74 Å². The third-order valence-electron chi connectivity index (χ3n) is 5.86. The molecule has 1 heterocycles. The molecule has 0 spiro atoms. The summed E-state index contributed by atoms with van der Waals surface area (Å²) in [5, 5.41) is 0. The molecule has 1 aliphatic carbocycles. The highest BCUT2D eigenvalue weighted by Gasteiger charge is 2.50. The molecule has 5 heteroatoms. The molecule has 1 aliphatic heterocycles. The van der Waals surface area contributed by atoms with Crippen LogP contribution in [0.15, 0.2) is 18.2 Å². The van der Waals surface area contributed by atoms with Crippen LogP contribution in [0.4, 0.5) is 13.2 Å². The first-order valence-corrected chi connectivity index (χ1v) is 8.90. The maximum atomic E-state index is 12.6. The highest BCUT2D eigenvalue weighted by atomic mass is 19.4. The van der Waals surface area contributed by atoms with Crippen molar-refractivity contribution >= 4 is 0 Å². The van der Waals surface area contributed by atoms with Gasteiger partial charge in [-0.25, -0.2) is 0 Å². The van der Waals surface area contributed by atoms with Crippen molar-refractivity contribution in [2.45, 2.75) is 70.3 Å². The van der Waals surface area contributed by atoms with Crippen LogP contribution in [0.1, 0.15) is 56.1 Å². The number of benzene rings is 1. The quantitative estimate of drug-likeness (QED) is 0.693. The molecule has 1 saturated carbocycles. The molecular formula is C19H26F3NO. The Morgan fingerprint density at radius 2 is 1.92 bits per heavy atom. The molecule has 0 N–H and O–H groups in total. The van der Waals surface area contributed by atoms with Crippen LogP contribution in [-0.4, -0.2) is 30.4 Å². The summed E-state index contributed by atoms with van der Waals surface area (Å²) in [5.41, 5.74) is 2.11. The predicted octanol–water partition coefficient (Wildman–Crippen LogP) is 5.26. The van der Waals surface area contributed by atoms with Gasteiger partial charge in [-0.2, -0.15) is 0 Å². The first-order chi connectivity index (χ1) is 11.3. The lowest BCUT2D eigenvalue weighted by Gasteiger charge is -2.33. The Labute approximate surface area is 142 Å². The van der Waals surface area contributed by atoms with Gasteiger partial charge in [0.1, 0.15) is 5.75 Å². The number of ether oxygens (including phenoxy) is 1. The average Bonchev–Trinajstić information content (AvgIpc) is 3.18. The topological polar surface area (TPSA) is 12.2 Å². The molecule has 3 unspecified atom stereocenters. The fraction of sp³-hybridized carbons (Fsp3) is 0.684. The minimum absolute atomic E-state index is 0.0939. The van der Waals surface area contributed by atoms with Crippen molar-refractivity contribution in [2.24, 2.45) is 5.92 Å². The average molecular weight is 341 g/mol. The van der Waals surface area contributed by atoms with E-state index in [0.29, 0.717) is 23.9 Å². The third kappa shape index (κ3) is 3.56. The Morgan fingerprint density at radius 1 is 1.21 bits per heavy atom. The van der Waals surface area contributed by atoms with E-state index in [2.05, 4.69) is 23.6 Å². The first-order valence-electron chi connectivity index (χ1n) is 8.90. The molecule has 2 nitrogen and oxygen atoms in total. The Morgan fingerprint density at radius 3 is 2.54 bits per heavy atom. The summed E-state index contributed by atoms with van der Waals surface area (Å²) in [7, 11) is 2.17. The Balaban J connectivity index is 1.86. The van der Waals surface area contributed by atoms with Crippen molar-refractivity contribution in [1.29, 1.82) is 0 Å². The van der Waals surface area contributed by atoms with Crippen LogP contribution >= 0.6 is 0 Å². The summed E-state index contributed by atoms with van der Waals surface area (Å²) >= 11 is 0. The standard InChI is InChI=1S/C19H26F3NO/c1-4-17-18(23(17)3)15-8-6-5-7-14(15)16-11-13(10-9-12(16)2)24-19(20,21)22/h9-11,14-15,17-18H,4-8H2,1-3H3/t14?,15-,17?,18+,23?/m0/s1. The van der Waals surface area contributed by atoms with E-state index in [9.17, 15) is 13.2 Å². The van der Waals surface area contributed by atoms with Crippen LogP contribution in [0.2, 0.25) is 0 Å². The fourth-order valence-corrected chi connectivity index (χ4v) is 4.72. The normalized spacial score (nSPS) is 33.3. The zero-order valence-electron chi connectivity index (χ0n) is 14.6. The van der Waals surface area contributed by atoms with Crippen molar-refractivity contribution in [1.82, 2.24) is 4.90 Å². The Kier molecular flexibility index (Phi) is 4.82. The second-order valence-corrected chi connectivity index (χ2v) is 7.25. The molecular weight excluding hydrogens is 315 g/mol. The minimum Gasteiger partial charge on any atom is -0.406 e. The maximum absolute atomic E-state index is 12.6. The summed E-state index contributed by atoms with van der Waals surface area (Å²) in [4.78, 5) is 2.42. The van der Waals surface area contributed by atoms with E-state index >= 15 is 0 Å². The molecule has 2 fully saturated rings. The molecule has 2 aliphatic rings. The third-order valence-corrected chi connectivity index (χ3v) is 5.86. The van der Waals surface area contributed by atoms with E-state index in [1.54, 1.807) is 12.1 Å². The molecule has 3 rings (SSSR count). The van der Waals surface area contributed by atoms with Crippen LogP contribution in [0.5, 0.6) is 5.75 Å². The molecule has 1 aromatic rings. The number of aryl methyl sites for hydroxylation is 1. The number of hydrogen-bond acceptors (Lipinski definition) is 2. The van der Waals surface area contributed by atoms with Gasteiger partial charge in [0.15, 0.2) is 0 Å². The highest BCUT2D eigenvalue weighted by Crippen LogP contribution is 2.49. The van der Waals surface area contributed by atoms with Crippen molar-refractivity contribution in [3.8, 4) is 5.75 Å². The lowest BCUT2D eigenvalue weighted by atomic mass is 9.72. The van der Waals surface area contributed by atoms with E-state index < -0.39 is 6.36 Å². The second kappa shape index (κ2) is 6.58. The number of halogens is 3. The molecule has 0 radical (unpaired) electrons. The van der Waals surface area contributed by atoms with E-state index in [1.165, 1.54) is 18.9 Å². The van der Waals surface area contributed by atoms with Gasteiger partial charge in [0, 0.05) is 12.1 Å². The minimum atomic E-state index is -4.64. The number of alkyl halides is 3. The summed E-state index contributed by atoms with van der Waals surface area (Å²) in [6.07, 6.45) is 1.10. The van der Waals surface area contributed by atoms with Gasteiger partial charge in [-0.1, -0.05) is 25.8 Å². The molecule has 0 amide bonds. The fourth-order valence-electron chi connectivity index (χ4n) is 4.72. The zero-order valence-corrected chi connectivity index (χ0v) is 14.6. The van der Waals surface area contributed by atoms with E-state index in [0.717, 1.165) is 30.4 Å². The van der Waals surface area contributed by atoms with Crippen LogP contribution in [0, 0.1) is 12.8 Å². The first kappa shape index (κ1) is 17.6. The number of nitrogens with zero attached hydrogens (tertiary/aromatic N) is 1. The van der Waals surface area contributed by atoms with Gasteiger partial charge in [0.25, 0.3) is 0 Å². The number of likely N-dealkylation sites (N-methyl/N-ethyl adjacent to an activating group) is 1. The van der Waals surface area contributed by atoms with E-state index in [1.807, 2.05) is 6.92 Å². The van der Waals surface area contributed by atoms with Crippen LogP contribution in [0.3, 0.4) is 0 Å². The summed E-state index contributed by atoms with van der Waals surface area (Å²) in [5.74, 6) is 0.775. The molecule has 134 valence electrons. The van der Waals surface area contributed by atoms with Gasteiger partial charge >= 0.3 is 6.36 Å². The number of hydrogen-bond donors (Lipinski definition) is 0. The molecule has 1 saturated heterocycles. The molecule has 5 atom stereocenters. The molecule has 0 aromatic heterocycles. The van der Waals surface area contributed by atoms with Gasteiger partial charge in [0.2, 0.25) is 0 Å². The highest BCUT2D eigenvalue weighted by molar-refractivity contribution is 5.38. The van der Waals surface area contributed by atoms with Crippen LogP contribution in [0.25, 0.3) is 0 Å². The van der Waals surface area contributed by atoms with E-state index in [4.69, 9.17) is 0 Å². The van der Waals surface area contributed by atoms with Crippen LogP contribution in [-0.2, 0) is 0 Å². The van der Waals surface area contributed by atoms with Gasteiger partial charge in [-0.3, -0.25) is 4.90 Å². The smallest absolute Gasteiger partial charge is 0.406 e. The van der Waals surface area contributed by atoms with Gasteiger partial charge in [0.05, 0.1) is 0 Å². The molecule has 1 aromatic carbocycles. The van der Waals surface area contributed by atoms with Gasteiger partial charge in [-0.15, -0.1) is 13.2 Å². The van der Waals surface area contributed by atoms with Crippen molar-refractivity contribution < 1.29 is 17.9 Å². The van der Waals surface area contributed by atoms with Gasteiger partial charge in [-0.05, 0) is 68.3 Å². The summed E-state index contributed by atoms with van der Waals surface area (Å²) in [6, 6.07) is 6.00. The SMILES string of the molecule is CCC1[C@@H]([C@H]2CCCCC2c2cc(OC(F)(F)F)ccc2C)N1C. The second-order valence-electron chi connectivity index (χ2n) is 7.25. The lowest BCUT2D eigenvalue weighted by molar-refractivity contribution is -0.274. The van der Waals surface area contributed by atoms with Crippen molar-refractivity contribution in [2.75, 3.05) is 7.05 Å². The lowest BCUT2D eigenvalue weighted by Crippen LogP contribution is -2.26.